The molecule has 0 N–H and O–H groups in total. The lowest BCUT2D eigenvalue weighted by molar-refractivity contribution is 0.0595. The van der Waals surface area contributed by atoms with Crippen LogP contribution in [0.2, 0.25) is 10.3 Å². The number of aromatic nitrogens is 2. The van der Waals surface area contributed by atoms with E-state index >= 15 is 0 Å². The number of halogens is 3. The van der Waals surface area contributed by atoms with Gasteiger partial charge in [0, 0.05) is 5.56 Å². The molecule has 4 nitrogen and oxygen atoms in total. The van der Waals surface area contributed by atoms with Gasteiger partial charge < -0.3 is 4.74 Å². The molecule has 2 aromatic rings. The van der Waals surface area contributed by atoms with Gasteiger partial charge in [0.05, 0.1) is 29.6 Å². The topological polar surface area (TPSA) is 52.1 Å². The molecule has 0 radical (unpaired) electrons. The zero-order chi connectivity index (χ0) is 14.0. The molecular weight excluding hydrogens is 294 g/mol. The fraction of sp³-hybridized carbons (Fsp3) is 0.0833. The van der Waals surface area contributed by atoms with Crippen molar-refractivity contribution in [3.05, 3.63) is 46.1 Å². The first-order valence-electron chi connectivity index (χ1n) is 5.09. The number of carbonyl (C=O) groups is 1. The maximum Gasteiger partial charge on any atom is 0.340 e. The van der Waals surface area contributed by atoms with Gasteiger partial charge in [-0.15, -0.1) is 0 Å². The lowest BCUT2D eigenvalue weighted by atomic mass is 10.1. The van der Waals surface area contributed by atoms with Crippen molar-refractivity contribution in [1.82, 2.24) is 9.97 Å². The van der Waals surface area contributed by atoms with Crippen LogP contribution in [0.4, 0.5) is 4.39 Å². The Labute approximate surface area is 118 Å². The molecule has 0 aliphatic carbocycles. The number of nitrogens with zero attached hydrogens (tertiary/aromatic N) is 2. The van der Waals surface area contributed by atoms with E-state index in [0.717, 1.165) is 6.07 Å². The number of rotatable bonds is 2. The molecule has 0 aliphatic rings. The molecule has 0 amide bonds. The molecule has 0 unspecified atom stereocenters. The van der Waals surface area contributed by atoms with Gasteiger partial charge in [0.15, 0.2) is 0 Å². The average Bonchev–Trinajstić information content (AvgIpc) is 2.40. The molecule has 19 heavy (non-hydrogen) atoms. The van der Waals surface area contributed by atoms with Crippen LogP contribution in [0.5, 0.6) is 0 Å². The van der Waals surface area contributed by atoms with Crippen molar-refractivity contribution in [2.45, 2.75) is 0 Å². The SMILES string of the molecule is COC(=O)c1ccc(-c2nc(Cl)ncc2Cl)cc1F. The number of esters is 1. The molecule has 7 heteroatoms. The normalized spacial score (nSPS) is 10.3. The van der Waals surface area contributed by atoms with Crippen LogP contribution in [0.1, 0.15) is 10.4 Å². The van der Waals surface area contributed by atoms with Crippen molar-refractivity contribution >= 4 is 29.2 Å². The number of carbonyl (C=O) groups excluding carboxylic acids is 1. The van der Waals surface area contributed by atoms with E-state index in [-0.39, 0.29) is 21.6 Å². The van der Waals surface area contributed by atoms with Crippen LogP contribution in [0, 0.1) is 5.82 Å². The third kappa shape index (κ3) is 2.83. The summed E-state index contributed by atoms with van der Waals surface area (Å²) < 4.78 is 18.2. The lowest BCUT2D eigenvalue weighted by Crippen LogP contribution is -2.04. The molecule has 0 aliphatic heterocycles. The Kier molecular flexibility index (Phi) is 3.97. The minimum atomic E-state index is -0.754. The summed E-state index contributed by atoms with van der Waals surface area (Å²) in [5, 5.41) is 0.228. The predicted molar refractivity (Wildman–Crippen MR) is 68.8 cm³/mol. The fourth-order valence-corrected chi connectivity index (χ4v) is 1.82. The van der Waals surface area contributed by atoms with Gasteiger partial charge in [-0.05, 0) is 23.7 Å². The number of hydrogen-bond acceptors (Lipinski definition) is 4. The van der Waals surface area contributed by atoms with Crippen molar-refractivity contribution in [2.24, 2.45) is 0 Å². The number of methoxy groups -OCH3 is 1. The van der Waals surface area contributed by atoms with E-state index < -0.39 is 11.8 Å². The van der Waals surface area contributed by atoms with Crippen molar-refractivity contribution in [2.75, 3.05) is 7.11 Å². The number of benzene rings is 1. The molecule has 2 rings (SSSR count). The summed E-state index contributed by atoms with van der Waals surface area (Å²) >= 11 is 11.6. The van der Waals surface area contributed by atoms with Gasteiger partial charge in [0.2, 0.25) is 5.28 Å². The standard InChI is InChI=1S/C12H7Cl2FN2O2/c1-19-11(18)7-3-2-6(4-9(7)15)10-8(13)5-16-12(14)17-10/h2-5H,1H3. The maximum absolute atomic E-state index is 13.8. The molecule has 0 saturated heterocycles. The minimum absolute atomic E-state index is 0.00291. The van der Waals surface area contributed by atoms with Crippen molar-refractivity contribution in [1.29, 1.82) is 0 Å². The summed E-state index contributed by atoms with van der Waals surface area (Å²) in [5.41, 5.74) is 0.513. The van der Waals surface area contributed by atoms with E-state index in [1.165, 1.54) is 25.4 Å². The highest BCUT2D eigenvalue weighted by Crippen LogP contribution is 2.27. The van der Waals surface area contributed by atoms with Crippen LogP contribution in [-0.2, 0) is 4.74 Å². The van der Waals surface area contributed by atoms with E-state index in [1.807, 2.05) is 0 Å². The van der Waals surface area contributed by atoms with Gasteiger partial charge in [0.25, 0.3) is 0 Å². The number of ether oxygens (including phenoxy) is 1. The van der Waals surface area contributed by atoms with Gasteiger partial charge in [-0.1, -0.05) is 17.7 Å². The first-order chi connectivity index (χ1) is 9.02. The van der Waals surface area contributed by atoms with E-state index in [1.54, 1.807) is 0 Å². The Morgan fingerprint density at radius 2 is 2.11 bits per heavy atom. The molecule has 0 bridgehead atoms. The van der Waals surface area contributed by atoms with Gasteiger partial charge in [-0.2, -0.15) is 0 Å². The Morgan fingerprint density at radius 3 is 2.74 bits per heavy atom. The summed E-state index contributed by atoms with van der Waals surface area (Å²) in [6.45, 7) is 0. The summed E-state index contributed by atoms with van der Waals surface area (Å²) in [4.78, 5) is 18.9. The van der Waals surface area contributed by atoms with E-state index in [4.69, 9.17) is 23.2 Å². The van der Waals surface area contributed by atoms with Crippen molar-refractivity contribution < 1.29 is 13.9 Å². The first kappa shape index (κ1) is 13.7. The summed E-state index contributed by atoms with van der Waals surface area (Å²) in [6.07, 6.45) is 1.32. The van der Waals surface area contributed by atoms with Crippen LogP contribution in [0.15, 0.2) is 24.4 Å². The molecular formula is C12H7Cl2FN2O2. The van der Waals surface area contributed by atoms with E-state index in [2.05, 4.69) is 14.7 Å². The smallest absolute Gasteiger partial charge is 0.340 e. The molecule has 0 spiro atoms. The summed E-state index contributed by atoms with van der Waals surface area (Å²) in [5.74, 6) is -1.48. The van der Waals surface area contributed by atoms with E-state index in [9.17, 15) is 9.18 Å². The Bertz CT molecular complexity index is 650. The maximum atomic E-state index is 13.8. The molecule has 0 saturated carbocycles. The van der Waals surface area contributed by atoms with Crippen LogP contribution in [0.3, 0.4) is 0 Å². The molecule has 1 aromatic carbocycles. The van der Waals surface area contributed by atoms with Gasteiger partial charge in [0.1, 0.15) is 5.82 Å². The monoisotopic (exact) mass is 300 g/mol. The first-order valence-corrected chi connectivity index (χ1v) is 5.85. The quantitative estimate of drug-likeness (QED) is 0.630. The van der Waals surface area contributed by atoms with Crippen molar-refractivity contribution in [3.8, 4) is 11.3 Å². The minimum Gasteiger partial charge on any atom is -0.465 e. The molecule has 98 valence electrons. The predicted octanol–water partition coefficient (Wildman–Crippen LogP) is 3.38. The fourth-order valence-electron chi connectivity index (χ4n) is 1.49. The molecule has 0 atom stereocenters. The largest absolute Gasteiger partial charge is 0.465 e. The number of hydrogen-bond donors (Lipinski definition) is 0. The second kappa shape index (κ2) is 5.50. The summed E-state index contributed by atoms with van der Waals surface area (Å²) in [6, 6.07) is 3.93. The molecule has 1 aromatic heterocycles. The Balaban J connectivity index is 2.50. The second-order valence-corrected chi connectivity index (χ2v) is 4.27. The average molecular weight is 301 g/mol. The third-order valence-corrected chi connectivity index (χ3v) is 2.82. The zero-order valence-electron chi connectivity index (χ0n) is 9.65. The lowest BCUT2D eigenvalue weighted by Gasteiger charge is -2.06. The third-order valence-electron chi connectivity index (χ3n) is 2.36. The second-order valence-electron chi connectivity index (χ2n) is 3.52. The van der Waals surface area contributed by atoms with Crippen LogP contribution >= 0.6 is 23.2 Å². The Morgan fingerprint density at radius 1 is 1.37 bits per heavy atom. The van der Waals surface area contributed by atoms with Crippen LogP contribution in [-0.4, -0.2) is 23.0 Å². The van der Waals surface area contributed by atoms with Gasteiger partial charge >= 0.3 is 5.97 Å². The Hall–Kier alpha value is -1.72. The van der Waals surface area contributed by atoms with E-state index in [0.29, 0.717) is 5.56 Å². The highest BCUT2D eigenvalue weighted by Gasteiger charge is 2.15. The van der Waals surface area contributed by atoms with Gasteiger partial charge in [-0.3, -0.25) is 0 Å². The molecule has 1 heterocycles. The molecule has 0 fully saturated rings. The summed E-state index contributed by atoms with van der Waals surface area (Å²) in [7, 11) is 1.18. The highest BCUT2D eigenvalue weighted by atomic mass is 35.5. The highest BCUT2D eigenvalue weighted by molar-refractivity contribution is 6.33. The van der Waals surface area contributed by atoms with Crippen LogP contribution in [0.25, 0.3) is 11.3 Å². The van der Waals surface area contributed by atoms with Gasteiger partial charge in [-0.25, -0.2) is 19.2 Å². The van der Waals surface area contributed by atoms with Crippen LogP contribution < -0.4 is 0 Å². The zero-order valence-corrected chi connectivity index (χ0v) is 11.2. The van der Waals surface area contributed by atoms with Crippen molar-refractivity contribution in [3.63, 3.8) is 0 Å².